The molecule has 24 heavy (non-hydrogen) atoms. The van der Waals surface area contributed by atoms with Crippen LogP contribution in [-0.4, -0.2) is 17.3 Å². The topological polar surface area (TPSA) is 77.2 Å². The van der Waals surface area contributed by atoms with E-state index in [9.17, 15) is 18.0 Å². The van der Waals surface area contributed by atoms with E-state index in [0.717, 1.165) is 0 Å². The molecule has 1 saturated carbocycles. The highest BCUT2D eigenvalue weighted by atomic mass is 19.4. The minimum Gasteiger partial charge on any atom is -0.405 e. The van der Waals surface area contributed by atoms with Crippen LogP contribution >= 0.6 is 0 Å². The summed E-state index contributed by atoms with van der Waals surface area (Å²) in [4.78, 5) is 16.1. The van der Waals surface area contributed by atoms with Crippen LogP contribution in [0.2, 0.25) is 0 Å². The molecule has 1 heterocycles. The molecule has 1 aliphatic carbocycles. The lowest BCUT2D eigenvalue weighted by Crippen LogP contribution is -2.18. The van der Waals surface area contributed by atoms with Gasteiger partial charge in [-0.25, -0.2) is 4.98 Å². The van der Waals surface area contributed by atoms with E-state index in [-0.39, 0.29) is 17.6 Å². The molecular weight excluding hydrogens is 323 g/mol. The van der Waals surface area contributed by atoms with Crippen molar-refractivity contribution in [2.45, 2.75) is 18.7 Å². The van der Waals surface area contributed by atoms with Crippen LogP contribution in [0.5, 0.6) is 5.75 Å². The summed E-state index contributed by atoms with van der Waals surface area (Å²) in [5.74, 6) is -0.908. The third-order valence-electron chi connectivity index (χ3n) is 3.73. The number of ether oxygens (including phenoxy) is 1. The van der Waals surface area contributed by atoms with Gasteiger partial charge in [0.05, 0.1) is 11.9 Å². The van der Waals surface area contributed by atoms with Crippen molar-refractivity contribution in [1.82, 2.24) is 4.98 Å². The zero-order chi connectivity index (χ0) is 17.3. The van der Waals surface area contributed by atoms with E-state index < -0.39 is 12.3 Å². The summed E-state index contributed by atoms with van der Waals surface area (Å²) in [6.07, 6.45) is -2.88. The van der Waals surface area contributed by atoms with Gasteiger partial charge in [0.15, 0.2) is 0 Å². The molecule has 1 aromatic carbocycles. The molecule has 1 aromatic heterocycles. The Morgan fingerprint density at radius 3 is 2.67 bits per heavy atom. The number of carbonyl (C=O) groups excluding carboxylic acids is 1. The summed E-state index contributed by atoms with van der Waals surface area (Å²) in [7, 11) is 0. The van der Waals surface area contributed by atoms with E-state index in [1.165, 1.54) is 18.3 Å². The van der Waals surface area contributed by atoms with Crippen molar-refractivity contribution in [3.05, 3.63) is 48.2 Å². The minimum absolute atomic E-state index is 0.264. The van der Waals surface area contributed by atoms with Crippen molar-refractivity contribution in [2.75, 3.05) is 11.1 Å². The number of amides is 1. The molecule has 1 fully saturated rings. The predicted octanol–water partition coefficient (Wildman–Crippen LogP) is 3.30. The van der Waals surface area contributed by atoms with Gasteiger partial charge >= 0.3 is 6.36 Å². The first-order chi connectivity index (χ1) is 11.3. The van der Waals surface area contributed by atoms with Gasteiger partial charge in [-0.3, -0.25) is 4.79 Å². The van der Waals surface area contributed by atoms with Crippen molar-refractivity contribution in [2.24, 2.45) is 5.92 Å². The molecule has 2 unspecified atom stereocenters. The zero-order valence-electron chi connectivity index (χ0n) is 12.4. The number of nitrogen functional groups attached to an aromatic ring is 1. The second-order valence-corrected chi connectivity index (χ2v) is 5.50. The summed E-state index contributed by atoms with van der Waals surface area (Å²) in [6.45, 7) is 0. The Labute approximate surface area is 135 Å². The molecule has 3 rings (SSSR count). The van der Waals surface area contributed by atoms with Gasteiger partial charge in [0.2, 0.25) is 5.91 Å². The lowest BCUT2D eigenvalue weighted by atomic mass is 10.1. The standard InChI is InChI=1S/C16H14F3N3O2/c17-16(18,19)24-13-4-2-1-3-10(13)11-7-12(11)15(23)22-9-5-6-14(20)21-8-9/h1-6,8,11-12H,7H2,(H2,20,21)(H,22,23). The van der Waals surface area contributed by atoms with Crippen molar-refractivity contribution in [3.8, 4) is 5.75 Å². The number of hydrogen-bond acceptors (Lipinski definition) is 4. The summed E-state index contributed by atoms with van der Waals surface area (Å²) in [6, 6.07) is 9.03. The SMILES string of the molecule is Nc1ccc(NC(=O)C2CC2c2ccccc2OC(F)(F)F)cn1. The largest absolute Gasteiger partial charge is 0.573 e. The van der Waals surface area contributed by atoms with Crippen LogP contribution in [0, 0.1) is 5.92 Å². The molecule has 8 heteroatoms. The van der Waals surface area contributed by atoms with Crippen LogP contribution < -0.4 is 15.8 Å². The second kappa shape index (κ2) is 6.03. The molecule has 2 aromatic rings. The molecule has 0 bridgehead atoms. The van der Waals surface area contributed by atoms with E-state index in [0.29, 0.717) is 23.5 Å². The maximum Gasteiger partial charge on any atom is 0.573 e. The number of para-hydroxylation sites is 1. The monoisotopic (exact) mass is 337 g/mol. The lowest BCUT2D eigenvalue weighted by Gasteiger charge is -2.13. The molecule has 0 radical (unpaired) electrons. The highest BCUT2D eigenvalue weighted by Gasteiger charge is 2.46. The van der Waals surface area contributed by atoms with Gasteiger partial charge < -0.3 is 15.8 Å². The van der Waals surface area contributed by atoms with E-state index >= 15 is 0 Å². The van der Waals surface area contributed by atoms with E-state index in [4.69, 9.17) is 5.73 Å². The van der Waals surface area contributed by atoms with Gasteiger partial charge in [0.1, 0.15) is 11.6 Å². The molecular formula is C16H14F3N3O2. The molecule has 1 aliphatic rings. The fourth-order valence-electron chi connectivity index (χ4n) is 2.55. The van der Waals surface area contributed by atoms with Gasteiger partial charge in [-0.05, 0) is 36.1 Å². The molecule has 126 valence electrons. The molecule has 0 spiro atoms. The Hall–Kier alpha value is -2.77. The number of nitrogens with one attached hydrogen (secondary N) is 1. The number of anilines is 2. The average Bonchev–Trinajstić information content (AvgIpc) is 3.29. The number of nitrogens with zero attached hydrogens (tertiary/aromatic N) is 1. The summed E-state index contributed by atoms with van der Waals surface area (Å²) >= 11 is 0. The zero-order valence-corrected chi connectivity index (χ0v) is 12.4. The van der Waals surface area contributed by atoms with Crippen molar-refractivity contribution >= 4 is 17.4 Å². The number of pyridine rings is 1. The van der Waals surface area contributed by atoms with Gasteiger partial charge in [-0.1, -0.05) is 18.2 Å². The normalized spacial score (nSPS) is 19.6. The van der Waals surface area contributed by atoms with Crippen LogP contribution in [0.25, 0.3) is 0 Å². The average molecular weight is 337 g/mol. The number of hydrogen-bond donors (Lipinski definition) is 2. The fraction of sp³-hybridized carbons (Fsp3) is 0.250. The number of carbonyl (C=O) groups is 1. The summed E-state index contributed by atoms with van der Waals surface area (Å²) < 4.78 is 41.4. The van der Waals surface area contributed by atoms with Crippen LogP contribution in [0.15, 0.2) is 42.6 Å². The molecule has 5 nitrogen and oxygen atoms in total. The number of alkyl halides is 3. The third kappa shape index (κ3) is 3.76. The maximum absolute atomic E-state index is 12.5. The predicted molar refractivity (Wildman–Crippen MR) is 81.3 cm³/mol. The number of halogens is 3. The van der Waals surface area contributed by atoms with Crippen LogP contribution in [0.1, 0.15) is 17.9 Å². The smallest absolute Gasteiger partial charge is 0.405 e. The quantitative estimate of drug-likeness (QED) is 0.897. The Balaban J connectivity index is 1.69. The first-order valence-electron chi connectivity index (χ1n) is 7.20. The molecule has 3 N–H and O–H groups in total. The Morgan fingerprint density at radius 1 is 1.25 bits per heavy atom. The molecule has 2 atom stereocenters. The first-order valence-corrected chi connectivity index (χ1v) is 7.20. The number of rotatable bonds is 4. The lowest BCUT2D eigenvalue weighted by molar-refractivity contribution is -0.274. The van der Waals surface area contributed by atoms with Crippen LogP contribution in [0.4, 0.5) is 24.7 Å². The highest BCUT2D eigenvalue weighted by molar-refractivity contribution is 5.95. The minimum atomic E-state index is -4.77. The molecule has 1 amide bonds. The van der Waals surface area contributed by atoms with Crippen LogP contribution in [-0.2, 0) is 4.79 Å². The van der Waals surface area contributed by atoms with Crippen LogP contribution in [0.3, 0.4) is 0 Å². The third-order valence-corrected chi connectivity index (χ3v) is 3.73. The maximum atomic E-state index is 12.5. The van der Waals surface area contributed by atoms with Gasteiger partial charge in [-0.2, -0.15) is 0 Å². The number of aromatic nitrogens is 1. The number of nitrogens with two attached hydrogens (primary N) is 1. The van der Waals surface area contributed by atoms with Crippen molar-refractivity contribution < 1.29 is 22.7 Å². The van der Waals surface area contributed by atoms with Gasteiger partial charge in [-0.15, -0.1) is 13.2 Å². The van der Waals surface area contributed by atoms with Crippen molar-refractivity contribution in [1.29, 1.82) is 0 Å². The fourth-order valence-corrected chi connectivity index (χ4v) is 2.55. The first kappa shape index (κ1) is 16.1. The molecule has 0 aliphatic heterocycles. The Kier molecular flexibility index (Phi) is 4.04. The van der Waals surface area contributed by atoms with E-state index in [2.05, 4.69) is 15.0 Å². The number of benzene rings is 1. The Morgan fingerprint density at radius 2 is 2.00 bits per heavy atom. The van der Waals surface area contributed by atoms with Gasteiger partial charge in [0, 0.05) is 5.92 Å². The summed E-state index contributed by atoms with van der Waals surface area (Å²) in [5.41, 5.74) is 6.33. The van der Waals surface area contributed by atoms with Gasteiger partial charge in [0.25, 0.3) is 0 Å². The Bertz CT molecular complexity index is 747. The summed E-state index contributed by atoms with van der Waals surface area (Å²) in [5, 5.41) is 2.68. The van der Waals surface area contributed by atoms with Crippen molar-refractivity contribution in [3.63, 3.8) is 0 Å². The highest BCUT2D eigenvalue weighted by Crippen LogP contribution is 2.51. The van der Waals surface area contributed by atoms with E-state index in [1.54, 1.807) is 24.3 Å². The second-order valence-electron chi connectivity index (χ2n) is 5.50. The molecule has 0 saturated heterocycles. The van der Waals surface area contributed by atoms with E-state index in [1.807, 2.05) is 0 Å².